The Morgan fingerprint density at radius 1 is 1.10 bits per heavy atom. The van der Waals surface area contributed by atoms with Gasteiger partial charge in [0.05, 0.1) is 26.0 Å². The maximum atomic E-state index is 10.6. The molecule has 1 aromatic carbocycles. The molecule has 1 N–H and O–H groups in total. The van der Waals surface area contributed by atoms with Crippen LogP contribution in [-0.2, 0) is 21.3 Å². The molecule has 1 aromatic heterocycles. The highest BCUT2D eigenvalue weighted by Gasteiger charge is 2.60. The monoisotopic (exact) mass is 396 g/mol. The molecule has 29 heavy (non-hydrogen) atoms. The number of aryl methyl sites for hydroxylation is 1. The van der Waals surface area contributed by atoms with Gasteiger partial charge in [-0.05, 0) is 49.8 Å². The van der Waals surface area contributed by atoms with Crippen molar-refractivity contribution in [1.82, 2.24) is 9.97 Å². The Morgan fingerprint density at radius 2 is 1.83 bits per heavy atom. The van der Waals surface area contributed by atoms with E-state index in [1.54, 1.807) is 7.11 Å². The van der Waals surface area contributed by atoms with Crippen LogP contribution in [0.2, 0.25) is 0 Å². The lowest BCUT2D eigenvalue weighted by Gasteiger charge is -2.55. The molecule has 2 aliphatic carbocycles. The Balaban J connectivity index is 1.71. The topological polar surface area (TPSA) is 73.7 Å². The number of fused-ring (bicyclic) bond motifs is 3. The number of methoxy groups -OCH3 is 1. The first kappa shape index (κ1) is 18.8. The van der Waals surface area contributed by atoms with Gasteiger partial charge in [-0.1, -0.05) is 19.1 Å². The van der Waals surface area contributed by atoms with Gasteiger partial charge < -0.3 is 19.3 Å². The summed E-state index contributed by atoms with van der Waals surface area (Å²) in [6.45, 7) is 5.42. The third-order valence-corrected chi connectivity index (χ3v) is 7.40. The SMILES string of the molecule is COc1ccc([C@]23CCC4(OCCO4)[C@@H](C)[C@@H]2CCc2c(O)nc(C)nc23)cc1. The predicted octanol–water partition coefficient (Wildman–Crippen LogP) is 3.52. The average Bonchev–Trinajstić information content (AvgIpc) is 3.20. The summed E-state index contributed by atoms with van der Waals surface area (Å²) in [7, 11) is 1.68. The molecule has 6 heteroatoms. The lowest BCUT2D eigenvalue weighted by Crippen LogP contribution is -2.57. The van der Waals surface area contributed by atoms with Crippen molar-refractivity contribution in [3.05, 3.63) is 46.9 Å². The molecular weight excluding hydrogens is 368 g/mol. The van der Waals surface area contributed by atoms with Gasteiger partial charge in [0, 0.05) is 23.3 Å². The minimum absolute atomic E-state index is 0.125. The molecule has 2 aromatic rings. The third-order valence-electron chi connectivity index (χ3n) is 7.40. The van der Waals surface area contributed by atoms with Crippen molar-refractivity contribution < 1.29 is 19.3 Å². The lowest BCUT2D eigenvalue weighted by molar-refractivity contribution is -0.232. The number of aromatic nitrogens is 2. The second-order valence-electron chi connectivity index (χ2n) is 8.56. The van der Waals surface area contributed by atoms with Crippen molar-refractivity contribution in [3.8, 4) is 11.6 Å². The van der Waals surface area contributed by atoms with E-state index in [0.717, 1.165) is 42.7 Å². The third kappa shape index (κ3) is 2.62. The van der Waals surface area contributed by atoms with Crippen LogP contribution in [0.25, 0.3) is 0 Å². The summed E-state index contributed by atoms with van der Waals surface area (Å²) in [5.74, 6) is 1.58. The Hall–Kier alpha value is -2.18. The van der Waals surface area contributed by atoms with E-state index < -0.39 is 5.79 Å². The van der Waals surface area contributed by atoms with Crippen LogP contribution in [0.5, 0.6) is 11.6 Å². The molecule has 3 atom stereocenters. The van der Waals surface area contributed by atoms with E-state index in [2.05, 4.69) is 24.0 Å². The zero-order chi connectivity index (χ0) is 20.2. The van der Waals surface area contributed by atoms with Gasteiger partial charge in [-0.3, -0.25) is 0 Å². The summed E-state index contributed by atoms with van der Waals surface area (Å²) >= 11 is 0. The van der Waals surface area contributed by atoms with Crippen molar-refractivity contribution in [3.63, 3.8) is 0 Å². The maximum absolute atomic E-state index is 10.6. The zero-order valence-electron chi connectivity index (χ0n) is 17.3. The van der Waals surface area contributed by atoms with Gasteiger partial charge in [-0.2, -0.15) is 4.98 Å². The van der Waals surface area contributed by atoms with E-state index in [1.807, 2.05) is 19.1 Å². The Kier molecular flexibility index (Phi) is 4.33. The smallest absolute Gasteiger partial charge is 0.217 e. The maximum Gasteiger partial charge on any atom is 0.217 e. The van der Waals surface area contributed by atoms with E-state index in [4.69, 9.17) is 19.2 Å². The largest absolute Gasteiger partial charge is 0.497 e. The Labute approximate surface area is 171 Å². The molecule has 0 bridgehead atoms. The molecule has 1 saturated carbocycles. The molecule has 6 nitrogen and oxygen atoms in total. The van der Waals surface area contributed by atoms with Gasteiger partial charge in [0.1, 0.15) is 11.6 Å². The summed E-state index contributed by atoms with van der Waals surface area (Å²) in [5.41, 5.74) is 2.77. The van der Waals surface area contributed by atoms with Crippen molar-refractivity contribution in [1.29, 1.82) is 0 Å². The highest BCUT2D eigenvalue weighted by Crippen LogP contribution is 2.60. The molecule has 1 aliphatic heterocycles. The second-order valence-corrected chi connectivity index (χ2v) is 8.56. The van der Waals surface area contributed by atoms with Gasteiger partial charge in [-0.15, -0.1) is 0 Å². The molecule has 1 saturated heterocycles. The summed E-state index contributed by atoms with van der Waals surface area (Å²) < 4.78 is 17.7. The van der Waals surface area contributed by atoms with Crippen molar-refractivity contribution in [2.45, 2.75) is 50.7 Å². The normalized spacial score (nSPS) is 30.0. The molecule has 0 amide bonds. The number of ether oxygens (including phenoxy) is 3. The van der Waals surface area contributed by atoms with Gasteiger partial charge in [0.15, 0.2) is 5.79 Å². The standard InChI is InChI=1S/C23H28N2O4/c1-14-19-9-8-18-20(24-15(2)25-21(18)26)22(19,10-11-23(14)28-12-13-29-23)16-4-6-17(27-3)7-5-16/h4-7,14,19H,8-13H2,1-3H3,(H,24,25,26)/t14-,19-,22+/m0/s1. The number of benzene rings is 1. The number of rotatable bonds is 2. The first-order valence-electron chi connectivity index (χ1n) is 10.5. The fraction of sp³-hybridized carbons (Fsp3) is 0.565. The number of aromatic hydroxyl groups is 1. The second kappa shape index (κ2) is 6.67. The van der Waals surface area contributed by atoms with Gasteiger partial charge in [-0.25, -0.2) is 4.98 Å². The van der Waals surface area contributed by atoms with Crippen LogP contribution >= 0.6 is 0 Å². The van der Waals surface area contributed by atoms with Crippen LogP contribution in [0, 0.1) is 18.8 Å². The quantitative estimate of drug-likeness (QED) is 0.837. The number of hydrogen-bond donors (Lipinski definition) is 1. The molecule has 2 fully saturated rings. The minimum atomic E-state index is -0.498. The lowest BCUT2D eigenvalue weighted by atomic mass is 9.51. The highest BCUT2D eigenvalue weighted by atomic mass is 16.7. The predicted molar refractivity (Wildman–Crippen MR) is 107 cm³/mol. The summed E-state index contributed by atoms with van der Waals surface area (Å²) in [6.07, 6.45) is 3.37. The Morgan fingerprint density at radius 3 is 2.52 bits per heavy atom. The van der Waals surface area contributed by atoms with Crippen LogP contribution in [0.15, 0.2) is 24.3 Å². The Bertz CT molecular complexity index is 923. The van der Waals surface area contributed by atoms with Crippen LogP contribution in [0.4, 0.5) is 0 Å². The van der Waals surface area contributed by atoms with Crippen molar-refractivity contribution in [2.75, 3.05) is 20.3 Å². The van der Waals surface area contributed by atoms with Crippen LogP contribution < -0.4 is 4.74 Å². The minimum Gasteiger partial charge on any atom is -0.497 e. The molecular formula is C23H28N2O4. The van der Waals surface area contributed by atoms with E-state index in [0.29, 0.717) is 25.0 Å². The van der Waals surface area contributed by atoms with Gasteiger partial charge in [0.2, 0.25) is 5.88 Å². The number of hydrogen-bond acceptors (Lipinski definition) is 6. The van der Waals surface area contributed by atoms with Crippen LogP contribution in [0.1, 0.15) is 48.8 Å². The molecule has 5 rings (SSSR count). The van der Waals surface area contributed by atoms with Crippen LogP contribution in [0.3, 0.4) is 0 Å². The number of nitrogens with zero attached hydrogens (tertiary/aromatic N) is 2. The van der Waals surface area contributed by atoms with Gasteiger partial charge in [0.25, 0.3) is 0 Å². The van der Waals surface area contributed by atoms with E-state index in [9.17, 15) is 5.11 Å². The molecule has 1 spiro atoms. The molecule has 2 heterocycles. The van der Waals surface area contributed by atoms with E-state index in [1.165, 1.54) is 5.56 Å². The first-order valence-corrected chi connectivity index (χ1v) is 10.5. The summed E-state index contributed by atoms with van der Waals surface area (Å²) in [4.78, 5) is 9.16. The first-order chi connectivity index (χ1) is 14.0. The van der Waals surface area contributed by atoms with Crippen LogP contribution in [-0.4, -0.2) is 41.2 Å². The van der Waals surface area contributed by atoms with Gasteiger partial charge >= 0.3 is 0 Å². The zero-order valence-corrected chi connectivity index (χ0v) is 17.3. The molecule has 0 radical (unpaired) electrons. The summed E-state index contributed by atoms with van der Waals surface area (Å²) in [5, 5.41) is 10.6. The van der Waals surface area contributed by atoms with Crippen molar-refractivity contribution in [2.24, 2.45) is 11.8 Å². The van der Waals surface area contributed by atoms with E-state index >= 15 is 0 Å². The van der Waals surface area contributed by atoms with Crippen molar-refractivity contribution >= 4 is 0 Å². The fourth-order valence-corrected chi connectivity index (χ4v) is 6.05. The van der Waals surface area contributed by atoms with E-state index in [-0.39, 0.29) is 17.2 Å². The summed E-state index contributed by atoms with van der Waals surface area (Å²) in [6, 6.07) is 8.33. The highest BCUT2D eigenvalue weighted by molar-refractivity contribution is 5.48. The molecule has 154 valence electrons. The molecule has 0 unspecified atom stereocenters. The average molecular weight is 396 g/mol. The fourth-order valence-electron chi connectivity index (χ4n) is 6.05. The molecule has 3 aliphatic rings.